The van der Waals surface area contributed by atoms with Crippen LogP contribution in [0.4, 0.5) is 11.8 Å². The zero-order chi connectivity index (χ0) is 16.5. The summed E-state index contributed by atoms with van der Waals surface area (Å²) in [4.78, 5) is 24.0. The Kier molecular flexibility index (Phi) is 4.19. The quantitative estimate of drug-likeness (QED) is 0.519. The van der Waals surface area contributed by atoms with Crippen LogP contribution in [0.1, 0.15) is 9.67 Å². The smallest absolute Gasteiger partial charge is 0.261 e. The molecule has 0 radical (unpaired) electrons. The van der Waals surface area contributed by atoms with Gasteiger partial charge < -0.3 is 19.7 Å². The number of amides is 1. The van der Waals surface area contributed by atoms with Crippen LogP contribution in [-0.2, 0) is 9.47 Å². The predicted octanol–water partition coefficient (Wildman–Crippen LogP) is -0.0579. The molecule has 24 heavy (non-hydrogen) atoms. The van der Waals surface area contributed by atoms with Crippen LogP contribution < -0.4 is 21.5 Å². The van der Waals surface area contributed by atoms with Crippen LogP contribution in [0.5, 0.6) is 0 Å². The molecule has 10 heteroatoms. The summed E-state index contributed by atoms with van der Waals surface area (Å²) in [6.45, 7) is 3.92. The molecule has 4 heterocycles. The van der Waals surface area contributed by atoms with Crippen molar-refractivity contribution in [2.45, 2.75) is 6.04 Å². The van der Waals surface area contributed by atoms with Crippen molar-refractivity contribution < 1.29 is 14.3 Å². The molecule has 1 amide bonds. The van der Waals surface area contributed by atoms with Crippen LogP contribution in [0.25, 0.3) is 10.2 Å². The second-order valence-corrected chi connectivity index (χ2v) is 6.70. The van der Waals surface area contributed by atoms with Crippen LogP contribution in [-0.4, -0.2) is 61.4 Å². The molecule has 2 fully saturated rings. The molecule has 0 spiro atoms. The number of morpholine rings is 1. The molecule has 2 aliphatic heterocycles. The van der Waals surface area contributed by atoms with Gasteiger partial charge in [-0.3, -0.25) is 10.2 Å². The van der Waals surface area contributed by atoms with Gasteiger partial charge in [-0.05, 0) is 6.07 Å². The molecule has 2 saturated heterocycles. The highest BCUT2D eigenvalue weighted by atomic mass is 32.1. The number of rotatable bonds is 4. The molecule has 0 unspecified atom stereocenters. The highest BCUT2D eigenvalue weighted by Crippen LogP contribution is 2.33. The van der Waals surface area contributed by atoms with Crippen molar-refractivity contribution in [3.8, 4) is 0 Å². The van der Waals surface area contributed by atoms with Crippen LogP contribution in [0.3, 0.4) is 0 Å². The molecule has 0 saturated carbocycles. The Morgan fingerprint density at radius 2 is 2.08 bits per heavy atom. The van der Waals surface area contributed by atoms with Crippen molar-refractivity contribution in [1.82, 2.24) is 15.3 Å². The van der Waals surface area contributed by atoms with E-state index in [1.807, 2.05) is 0 Å². The summed E-state index contributed by atoms with van der Waals surface area (Å²) >= 11 is 1.39. The lowest BCUT2D eigenvalue weighted by atomic mass is 10.2. The number of aromatic nitrogens is 2. The monoisotopic (exact) mass is 350 g/mol. The number of nitrogen functional groups attached to an aromatic ring is 1. The van der Waals surface area contributed by atoms with Gasteiger partial charge in [0.25, 0.3) is 5.91 Å². The normalized spacial score (nSPS) is 18.5. The maximum absolute atomic E-state index is 12.4. The fraction of sp³-hybridized carbons (Fsp3) is 0.500. The Hall–Kier alpha value is -2.01. The number of carbonyl (C=O) groups is 1. The van der Waals surface area contributed by atoms with Gasteiger partial charge in [0.15, 0.2) is 5.82 Å². The van der Waals surface area contributed by atoms with Crippen molar-refractivity contribution in [3.63, 3.8) is 0 Å². The Morgan fingerprint density at radius 1 is 1.29 bits per heavy atom. The van der Waals surface area contributed by atoms with E-state index in [1.54, 1.807) is 6.07 Å². The number of anilines is 2. The van der Waals surface area contributed by atoms with Gasteiger partial charge in [0.2, 0.25) is 5.95 Å². The van der Waals surface area contributed by atoms with E-state index in [9.17, 15) is 4.79 Å². The number of ether oxygens (including phenoxy) is 2. The summed E-state index contributed by atoms with van der Waals surface area (Å²) in [5.74, 6) is 6.50. The van der Waals surface area contributed by atoms with E-state index in [-0.39, 0.29) is 11.9 Å². The van der Waals surface area contributed by atoms with Crippen molar-refractivity contribution in [3.05, 3.63) is 10.9 Å². The Bertz CT molecular complexity index is 756. The second kappa shape index (κ2) is 6.48. The molecule has 0 aliphatic carbocycles. The first-order valence-corrected chi connectivity index (χ1v) is 8.56. The van der Waals surface area contributed by atoms with E-state index in [1.165, 1.54) is 11.3 Å². The first-order valence-electron chi connectivity index (χ1n) is 7.74. The number of hydrogen-bond donors (Lipinski definition) is 3. The molecule has 4 rings (SSSR count). The van der Waals surface area contributed by atoms with Crippen LogP contribution in [0.2, 0.25) is 0 Å². The minimum Gasteiger partial charge on any atom is -0.378 e. The van der Waals surface area contributed by atoms with E-state index in [4.69, 9.17) is 15.3 Å². The van der Waals surface area contributed by atoms with Gasteiger partial charge in [0, 0.05) is 13.1 Å². The van der Waals surface area contributed by atoms with Crippen molar-refractivity contribution in [2.75, 3.05) is 49.8 Å². The second-order valence-electron chi connectivity index (χ2n) is 5.65. The van der Waals surface area contributed by atoms with E-state index >= 15 is 0 Å². The van der Waals surface area contributed by atoms with Crippen LogP contribution in [0.15, 0.2) is 6.07 Å². The highest BCUT2D eigenvalue weighted by molar-refractivity contribution is 7.21. The number of nitrogens with two attached hydrogens (primary N) is 1. The van der Waals surface area contributed by atoms with Gasteiger partial charge in [0.05, 0.1) is 47.6 Å². The van der Waals surface area contributed by atoms with Crippen LogP contribution in [0, 0.1) is 0 Å². The molecule has 9 nitrogen and oxygen atoms in total. The van der Waals surface area contributed by atoms with E-state index < -0.39 is 0 Å². The molecule has 2 aromatic rings. The third-order valence-electron chi connectivity index (χ3n) is 3.99. The number of hydrogen-bond acceptors (Lipinski definition) is 9. The van der Waals surface area contributed by atoms with Gasteiger partial charge >= 0.3 is 0 Å². The topological polar surface area (TPSA) is 115 Å². The number of carbonyl (C=O) groups excluding carboxylic acids is 1. The molecule has 2 aromatic heterocycles. The van der Waals surface area contributed by atoms with E-state index in [0.717, 1.165) is 23.6 Å². The third-order valence-corrected chi connectivity index (χ3v) is 5.11. The number of thiophene rings is 1. The minimum absolute atomic E-state index is 0.0915. The number of hydrazine groups is 1. The summed E-state index contributed by atoms with van der Waals surface area (Å²) in [6.07, 6.45) is 0. The molecule has 4 N–H and O–H groups in total. The standard InChI is InChI=1S/C14H18N6O3S/c15-19-14-17-9-5-10(13(21)16-8-6-23-7-8)24-11(9)12(18-14)20-1-3-22-4-2-20/h5,8H,1-4,6-7,15H2,(H,16,21)(H,17,18,19). The van der Waals surface area contributed by atoms with Crippen molar-refractivity contribution in [2.24, 2.45) is 5.84 Å². The fourth-order valence-electron chi connectivity index (χ4n) is 2.66. The van der Waals surface area contributed by atoms with Gasteiger partial charge in [-0.1, -0.05) is 0 Å². The first-order chi connectivity index (χ1) is 11.7. The lowest BCUT2D eigenvalue weighted by molar-refractivity contribution is -0.00338. The first kappa shape index (κ1) is 15.5. The Balaban J connectivity index is 1.69. The molecule has 0 aromatic carbocycles. The van der Waals surface area contributed by atoms with Crippen LogP contribution >= 0.6 is 11.3 Å². The number of fused-ring (bicyclic) bond motifs is 1. The zero-order valence-corrected chi connectivity index (χ0v) is 13.8. The number of nitrogens with one attached hydrogen (secondary N) is 2. The van der Waals surface area contributed by atoms with Gasteiger partial charge in [-0.2, -0.15) is 4.98 Å². The maximum atomic E-state index is 12.4. The summed E-state index contributed by atoms with van der Waals surface area (Å²) < 4.78 is 11.4. The zero-order valence-electron chi connectivity index (χ0n) is 12.9. The Morgan fingerprint density at radius 3 is 2.75 bits per heavy atom. The molecule has 2 aliphatic rings. The summed E-state index contributed by atoms with van der Waals surface area (Å²) in [7, 11) is 0. The lowest BCUT2D eigenvalue weighted by Gasteiger charge is -2.28. The lowest BCUT2D eigenvalue weighted by Crippen LogP contribution is -2.48. The third kappa shape index (κ3) is 2.88. The molecule has 128 valence electrons. The summed E-state index contributed by atoms with van der Waals surface area (Å²) in [6, 6.07) is 1.87. The average molecular weight is 350 g/mol. The fourth-order valence-corrected chi connectivity index (χ4v) is 3.67. The molecular weight excluding hydrogens is 332 g/mol. The van der Waals surface area contributed by atoms with Gasteiger partial charge in [0.1, 0.15) is 0 Å². The highest BCUT2D eigenvalue weighted by Gasteiger charge is 2.24. The average Bonchev–Trinajstić information content (AvgIpc) is 3.02. The molecule has 0 bridgehead atoms. The minimum atomic E-state index is -0.110. The van der Waals surface area contributed by atoms with E-state index in [0.29, 0.717) is 42.8 Å². The predicted molar refractivity (Wildman–Crippen MR) is 90.3 cm³/mol. The number of nitrogens with zero attached hydrogens (tertiary/aromatic N) is 3. The molecular formula is C14H18N6O3S. The maximum Gasteiger partial charge on any atom is 0.261 e. The summed E-state index contributed by atoms with van der Waals surface area (Å²) in [5, 5.41) is 2.95. The SMILES string of the molecule is NNc1nc(N2CCOCC2)c2sc(C(=O)NC3COC3)cc2n1. The Labute approximate surface area is 142 Å². The van der Waals surface area contributed by atoms with Gasteiger partial charge in [-0.15, -0.1) is 11.3 Å². The van der Waals surface area contributed by atoms with Crippen molar-refractivity contribution >= 4 is 39.2 Å². The summed E-state index contributed by atoms with van der Waals surface area (Å²) in [5.41, 5.74) is 3.20. The van der Waals surface area contributed by atoms with Gasteiger partial charge in [-0.25, -0.2) is 10.8 Å². The largest absolute Gasteiger partial charge is 0.378 e. The molecule has 0 atom stereocenters. The van der Waals surface area contributed by atoms with Crippen molar-refractivity contribution in [1.29, 1.82) is 0 Å². The van der Waals surface area contributed by atoms with E-state index in [2.05, 4.69) is 25.6 Å².